The predicted octanol–water partition coefficient (Wildman–Crippen LogP) is -0.122. The second-order valence-electron chi connectivity index (χ2n) is 1.79. The van der Waals surface area contributed by atoms with Crippen LogP contribution in [0.3, 0.4) is 0 Å². The van der Waals surface area contributed by atoms with Crippen molar-refractivity contribution in [3.05, 3.63) is 0 Å². The minimum absolute atomic E-state index is 0.101. The van der Waals surface area contributed by atoms with Crippen molar-refractivity contribution in [2.45, 2.75) is 13.0 Å². The van der Waals surface area contributed by atoms with Gasteiger partial charge in [0.1, 0.15) is 0 Å². The SMILES string of the molecule is C[C@@H](O)CNC(=O)CBr. The van der Waals surface area contributed by atoms with E-state index in [1.165, 1.54) is 0 Å². The molecule has 0 bridgehead atoms. The molecule has 0 aromatic carbocycles. The summed E-state index contributed by atoms with van der Waals surface area (Å²) in [4.78, 5) is 10.4. The van der Waals surface area contributed by atoms with Crippen molar-refractivity contribution < 1.29 is 9.90 Å². The highest BCUT2D eigenvalue weighted by Crippen LogP contribution is 1.79. The van der Waals surface area contributed by atoms with Crippen molar-refractivity contribution in [3.63, 3.8) is 0 Å². The molecule has 0 aliphatic heterocycles. The number of carbonyl (C=O) groups excluding carboxylic acids is 1. The first-order valence-electron chi connectivity index (χ1n) is 2.67. The first kappa shape index (κ1) is 8.91. The molecule has 0 saturated heterocycles. The standard InChI is InChI=1S/C5H10BrNO2/c1-4(8)3-7-5(9)2-6/h4,8H,2-3H2,1H3,(H,7,9)/t4-/m1/s1. The minimum atomic E-state index is -0.465. The van der Waals surface area contributed by atoms with Gasteiger partial charge in [-0.2, -0.15) is 0 Å². The summed E-state index contributed by atoms with van der Waals surface area (Å²) in [6, 6.07) is 0. The molecule has 0 aliphatic rings. The second kappa shape index (κ2) is 4.76. The van der Waals surface area contributed by atoms with Gasteiger partial charge in [0.05, 0.1) is 11.4 Å². The Hall–Kier alpha value is -0.0900. The molecule has 0 aromatic heterocycles. The van der Waals surface area contributed by atoms with Gasteiger partial charge in [-0.05, 0) is 6.92 Å². The topological polar surface area (TPSA) is 49.3 Å². The van der Waals surface area contributed by atoms with Crippen LogP contribution in [-0.2, 0) is 4.79 Å². The summed E-state index contributed by atoms with van der Waals surface area (Å²) in [7, 11) is 0. The summed E-state index contributed by atoms with van der Waals surface area (Å²) < 4.78 is 0. The van der Waals surface area contributed by atoms with E-state index in [9.17, 15) is 4.79 Å². The molecular formula is C5H10BrNO2. The van der Waals surface area contributed by atoms with Crippen LogP contribution < -0.4 is 5.32 Å². The van der Waals surface area contributed by atoms with Crippen LogP contribution in [0.4, 0.5) is 0 Å². The highest BCUT2D eigenvalue weighted by Gasteiger charge is 1.98. The molecular weight excluding hydrogens is 186 g/mol. The first-order chi connectivity index (χ1) is 4.16. The fourth-order valence-corrected chi connectivity index (χ4v) is 0.507. The van der Waals surface area contributed by atoms with E-state index in [1.54, 1.807) is 6.92 Å². The van der Waals surface area contributed by atoms with Gasteiger partial charge in [-0.3, -0.25) is 4.79 Å². The molecule has 0 fully saturated rings. The molecule has 0 rings (SSSR count). The summed E-state index contributed by atoms with van der Waals surface area (Å²) in [6.45, 7) is 1.94. The smallest absolute Gasteiger partial charge is 0.230 e. The highest BCUT2D eigenvalue weighted by molar-refractivity contribution is 9.09. The molecule has 54 valence electrons. The van der Waals surface area contributed by atoms with Crippen molar-refractivity contribution in [1.82, 2.24) is 5.32 Å². The maximum absolute atomic E-state index is 10.4. The summed E-state index contributed by atoms with van der Waals surface area (Å²) in [5.41, 5.74) is 0. The van der Waals surface area contributed by atoms with E-state index in [0.29, 0.717) is 11.9 Å². The third-order valence-electron chi connectivity index (χ3n) is 0.716. The Morgan fingerprint density at radius 3 is 2.78 bits per heavy atom. The molecule has 1 atom stereocenters. The molecule has 0 saturated carbocycles. The summed E-state index contributed by atoms with van der Waals surface area (Å²) in [5.74, 6) is -0.101. The Labute approximate surface area is 62.6 Å². The van der Waals surface area contributed by atoms with Gasteiger partial charge < -0.3 is 10.4 Å². The molecule has 0 radical (unpaired) electrons. The largest absolute Gasteiger partial charge is 0.392 e. The summed E-state index contributed by atoms with van der Waals surface area (Å²) >= 11 is 2.97. The number of halogens is 1. The first-order valence-corrected chi connectivity index (χ1v) is 3.79. The van der Waals surface area contributed by atoms with Gasteiger partial charge in [0, 0.05) is 6.54 Å². The zero-order valence-corrected chi connectivity index (χ0v) is 6.81. The lowest BCUT2D eigenvalue weighted by Crippen LogP contribution is -2.31. The van der Waals surface area contributed by atoms with Crippen LogP contribution in [0.5, 0.6) is 0 Å². The average Bonchev–Trinajstić information content (AvgIpc) is 1.83. The van der Waals surface area contributed by atoms with Crippen molar-refractivity contribution >= 4 is 21.8 Å². The van der Waals surface area contributed by atoms with Crippen molar-refractivity contribution in [2.24, 2.45) is 0 Å². The van der Waals surface area contributed by atoms with Crippen LogP contribution in [0.1, 0.15) is 6.92 Å². The third-order valence-corrected chi connectivity index (χ3v) is 1.23. The van der Waals surface area contributed by atoms with Crippen molar-refractivity contribution in [3.8, 4) is 0 Å². The van der Waals surface area contributed by atoms with Gasteiger partial charge in [0.25, 0.3) is 0 Å². The molecule has 0 heterocycles. The van der Waals surface area contributed by atoms with E-state index in [-0.39, 0.29) is 5.91 Å². The molecule has 9 heavy (non-hydrogen) atoms. The van der Waals surface area contributed by atoms with Gasteiger partial charge in [-0.25, -0.2) is 0 Å². The quantitative estimate of drug-likeness (QED) is 0.618. The molecule has 3 nitrogen and oxygen atoms in total. The van der Waals surface area contributed by atoms with Gasteiger partial charge in [-0.1, -0.05) is 15.9 Å². The third kappa shape index (κ3) is 5.79. The number of amides is 1. The number of nitrogens with one attached hydrogen (secondary N) is 1. The van der Waals surface area contributed by atoms with Gasteiger partial charge >= 0.3 is 0 Å². The molecule has 0 aliphatic carbocycles. The summed E-state index contributed by atoms with van der Waals surface area (Å²) in [5, 5.41) is 11.5. The van der Waals surface area contributed by atoms with Gasteiger partial charge in [0.2, 0.25) is 5.91 Å². The Bertz CT molecular complexity index is 95.0. The van der Waals surface area contributed by atoms with Crippen LogP contribution in [0.25, 0.3) is 0 Å². The number of rotatable bonds is 3. The van der Waals surface area contributed by atoms with E-state index in [1.807, 2.05) is 0 Å². The van der Waals surface area contributed by atoms with E-state index >= 15 is 0 Å². The lowest BCUT2D eigenvalue weighted by atomic mass is 10.4. The van der Waals surface area contributed by atoms with Crippen LogP contribution in [0.2, 0.25) is 0 Å². The molecule has 0 unspecified atom stereocenters. The van der Waals surface area contributed by atoms with E-state index in [0.717, 1.165) is 0 Å². The van der Waals surface area contributed by atoms with E-state index in [4.69, 9.17) is 5.11 Å². The number of hydrogen-bond donors (Lipinski definition) is 2. The zero-order valence-electron chi connectivity index (χ0n) is 5.22. The fraction of sp³-hybridized carbons (Fsp3) is 0.800. The number of alkyl halides is 1. The number of hydrogen-bond acceptors (Lipinski definition) is 2. The van der Waals surface area contributed by atoms with Crippen LogP contribution in [0.15, 0.2) is 0 Å². The Morgan fingerprint density at radius 1 is 1.89 bits per heavy atom. The molecule has 0 spiro atoms. The lowest BCUT2D eigenvalue weighted by Gasteiger charge is -2.03. The second-order valence-corrected chi connectivity index (χ2v) is 2.35. The monoisotopic (exact) mass is 195 g/mol. The van der Waals surface area contributed by atoms with E-state index < -0.39 is 6.10 Å². The lowest BCUT2D eigenvalue weighted by molar-refractivity contribution is -0.118. The maximum Gasteiger partial charge on any atom is 0.230 e. The predicted molar refractivity (Wildman–Crippen MR) is 38.5 cm³/mol. The Morgan fingerprint density at radius 2 is 2.44 bits per heavy atom. The normalized spacial score (nSPS) is 12.8. The molecule has 1 amide bonds. The fourth-order valence-electron chi connectivity index (χ4n) is 0.309. The van der Waals surface area contributed by atoms with Crippen molar-refractivity contribution in [1.29, 1.82) is 0 Å². The van der Waals surface area contributed by atoms with E-state index in [2.05, 4.69) is 21.2 Å². The van der Waals surface area contributed by atoms with Crippen LogP contribution in [-0.4, -0.2) is 29.0 Å². The Balaban J connectivity index is 3.17. The van der Waals surface area contributed by atoms with Crippen LogP contribution >= 0.6 is 15.9 Å². The number of aliphatic hydroxyl groups excluding tert-OH is 1. The minimum Gasteiger partial charge on any atom is -0.392 e. The maximum atomic E-state index is 10.4. The number of carbonyl (C=O) groups is 1. The van der Waals surface area contributed by atoms with Gasteiger partial charge in [-0.15, -0.1) is 0 Å². The molecule has 0 aromatic rings. The average molecular weight is 196 g/mol. The van der Waals surface area contributed by atoms with Crippen LogP contribution in [0, 0.1) is 0 Å². The molecule has 2 N–H and O–H groups in total. The highest BCUT2D eigenvalue weighted by atomic mass is 79.9. The number of aliphatic hydroxyl groups is 1. The summed E-state index contributed by atoms with van der Waals surface area (Å²) in [6.07, 6.45) is -0.465. The Kier molecular flexibility index (Phi) is 4.71. The zero-order chi connectivity index (χ0) is 7.28. The van der Waals surface area contributed by atoms with Gasteiger partial charge in [0.15, 0.2) is 0 Å². The molecule has 4 heteroatoms. The van der Waals surface area contributed by atoms with Crippen molar-refractivity contribution in [2.75, 3.05) is 11.9 Å².